The van der Waals surface area contributed by atoms with Crippen LogP contribution >= 0.6 is 0 Å². The summed E-state index contributed by atoms with van der Waals surface area (Å²) in [6.07, 6.45) is 4.23. The van der Waals surface area contributed by atoms with Crippen molar-refractivity contribution in [3.63, 3.8) is 0 Å². The molecule has 2 aliphatic rings. The number of rotatable bonds is 5. The molecule has 0 spiro atoms. The van der Waals surface area contributed by atoms with Gasteiger partial charge in [-0.05, 0) is 56.1 Å². The molecule has 2 nitrogen and oxygen atoms in total. The second kappa shape index (κ2) is 5.13. The lowest BCUT2D eigenvalue weighted by Crippen LogP contribution is -2.42. The first-order chi connectivity index (χ1) is 8.35. The molecule has 0 aromatic carbocycles. The number of nitrogens with zero attached hydrogens (tertiary/aromatic N) is 1. The van der Waals surface area contributed by atoms with Crippen LogP contribution in [-0.4, -0.2) is 37.1 Å². The number of likely N-dealkylation sites (tertiary alicyclic amines) is 1. The monoisotopic (exact) mass is 252 g/mol. The molecular weight excluding hydrogens is 220 g/mol. The summed E-state index contributed by atoms with van der Waals surface area (Å²) >= 11 is 0. The van der Waals surface area contributed by atoms with Crippen LogP contribution in [0.5, 0.6) is 0 Å². The molecule has 1 N–H and O–H groups in total. The molecule has 2 rings (SSSR count). The van der Waals surface area contributed by atoms with Crippen LogP contribution in [0.25, 0.3) is 0 Å². The Balaban J connectivity index is 1.68. The molecule has 1 saturated heterocycles. The van der Waals surface area contributed by atoms with E-state index in [9.17, 15) is 0 Å². The van der Waals surface area contributed by atoms with Crippen LogP contribution in [0.4, 0.5) is 0 Å². The highest BCUT2D eigenvalue weighted by Gasteiger charge is 2.63. The Labute approximate surface area is 114 Å². The smallest absolute Gasteiger partial charge is 0.0166 e. The van der Waals surface area contributed by atoms with Crippen LogP contribution < -0.4 is 5.32 Å². The van der Waals surface area contributed by atoms with Gasteiger partial charge in [0.2, 0.25) is 0 Å². The maximum absolute atomic E-state index is 3.76. The third-order valence-electron chi connectivity index (χ3n) is 5.97. The SMILES string of the molecule is CC(CN1CCCCC1)NCC1C(C)(C)C1(C)C. The molecule has 0 bridgehead atoms. The van der Waals surface area contributed by atoms with E-state index in [1.807, 2.05) is 0 Å². The van der Waals surface area contributed by atoms with Gasteiger partial charge in [-0.1, -0.05) is 34.1 Å². The standard InChI is InChI=1S/C16H32N2/c1-13(12-18-9-7-6-8-10-18)17-11-14-15(2,3)16(14,4)5/h13-14,17H,6-12H2,1-5H3. The van der Waals surface area contributed by atoms with Crippen LogP contribution in [0, 0.1) is 16.7 Å². The van der Waals surface area contributed by atoms with Gasteiger partial charge in [-0.15, -0.1) is 0 Å². The van der Waals surface area contributed by atoms with Crippen molar-refractivity contribution >= 4 is 0 Å². The quantitative estimate of drug-likeness (QED) is 0.809. The van der Waals surface area contributed by atoms with Gasteiger partial charge in [-0.25, -0.2) is 0 Å². The average Bonchev–Trinajstić information content (AvgIpc) is 2.68. The zero-order valence-corrected chi connectivity index (χ0v) is 13.1. The van der Waals surface area contributed by atoms with Gasteiger partial charge < -0.3 is 10.2 Å². The molecule has 2 fully saturated rings. The molecule has 0 aromatic heterocycles. The van der Waals surface area contributed by atoms with E-state index < -0.39 is 0 Å². The maximum Gasteiger partial charge on any atom is 0.0166 e. The summed E-state index contributed by atoms with van der Waals surface area (Å²) < 4.78 is 0. The number of piperidine rings is 1. The first-order valence-electron chi connectivity index (χ1n) is 7.81. The highest BCUT2D eigenvalue weighted by molar-refractivity contribution is 5.12. The molecule has 18 heavy (non-hydrogen) atoms. The minimum atomic E-state index is 0.519. The Morgan fingerprint density at radius 1 is 1.06 bits per heavy atom. The predicted molar refractivity (Wildman–Crippen MR) is 78.8 cm³/mol. The lowest BCUT2D eigenvalue weighted by atomic mass is 10.0. The van der Waals surface area contributed by atoms with Gasteiger partial charge in [0.25, 0.3) is 0 Å². The van der Waals surface area contributed by atoms with Crippen molar-refractivity contribution in [2.24, 2.45) is 16.7 Å². The molecule has 2 heteroatoms. The van der Waals surface area contributed by atoms with Crippen molar-refractivity contribution in [1.82, 2.24) is 10.2 Å². The van der Waals surface area contributed by atoms with Crippen molar-refractivity contribution < 1.29 is 0 Å². The van der Waals surface area contributed by atoms with E-state index in [0.717, 1.165) is 5.92 Å². The van der Waals surface area contributed by atoms with Crippen LogP contribution in [0.15, 0.2) is 0 Å². The summed E-state index contributed by atoms with van der Waals surface area (Å²) in [4.78, 5) is 2.63. The van der Waals surface area contributed by atoms with E-state index in [1.54, 1.807) is 0 Å². The van der Waals surface area contributed by atoms with Crippen LogP contribution in [-0.2, 0) is 0 Å². The zero-order chi connectivity index (χ0) is 13.4. The van der Waals surface area contributed by atoms with Crippen LogP contribution in [0.3, 0.4) is 0 Å². The molecule has 1 saturated carbocycles. The molecule has 1 aliphatic heterocycles. The Morgan fingerprint density at radius 2 is 1.61 bits per heavy atom. The van der Waals surface area contributed by atoms with Gasteiger partial charge in [0, 0.05) is 12.6 Å². The van der Waals surface area contributed by atoms with Gasteiger partial charge in [-0.3, -0.25) is 0 Å². The molecule has 1 atom stereocenters. The number of hydrogen-bond donors (Lipinski definition) is 1. The van der Waals surface area contributed by atoms with Gasteiger partial charge in [0.15, 0.2) is 0 Å². The van der Waals surface area contributed by atoms with E-state index in [2.05, 4.69) is 44.8 Å². The number of nitrogens with one attached hydrogen (secondary N) is 1. The van der Waals surface area contributed by atoms with E-state index in [1.165, 1.54) is 45.4 Å². The zero-order valence-electron chi connectivity index (χ0n) is 13.1. The average molecular weight is 252 g/mol. The third-order valence-corrected chi connectivity index (χ3v) is 5.97. The summed E-state index contributed by atoms with van der Waals surface area (Å²) in [6.45, 7) is 17.0. The summed E-state index contributed by atoms with van der Waals surface area (Å²) in [6, 6.07) is 0.635. The largest absolute Gasteiger partial charge is 0.313 e. The fourth-order valence-corrected chi connectivity index (χ4v) is 3.76. The molecule has 0 aromatic rings. The fraction of sp³-hybridized carbons (Fsp3) is 1.00. The number of hydrogen-bond acceptors (Lipinski definition) is 2. The molecule has 1 unspecified atom stereocenters. The van der Waals surface area contributed by atoms with Gasteiger partial charge >= 0.3 is 0 Å². The van der Waals surface area contributed by atoms with E-state index in [-0.39, 0.29) is 0 Å². The van der Waals surface area contributed by atoms with Crippen molar-refractivity contribution in [2.45, 2.75) is 59.9 Å². The van der Waals surface area contributed by atoms with Gasteiger partial charge in [0.1, 0.15) is 0 Å². The molecule has 0 amide bonds. The third kappa shape index (κ3) is 2.75. The fourth-order valence-electron chi connectivity index (χ4n) is 3.76. The highest BCUT2D eigenvalue weighted by Crippen LogP contribution is 2.67. The Hall–Kier alpha value is -0.0800. The second-order valence-electron chi connectivity index (χ2n) is 7.67. The highest BCUT2D eigenvalue weighted by atomic mass is 15.2. The van der Waals surface area contributed by atoms with Crippen molar-refractivity contribution in [2.75, 3.05) is 26.2 Å². The van der Waals surface area contributed by atoms with Crippen molar-refractivity contribution in [3.8, 4) is 0 Å². The van der Waals surface area contributed by atoms with Crippen molar-refractivity contribution in [3.05, 3.63) is 0 Å². The van der Waals surface area contributed by atoms with E-state index >= 15 is 0 Å². The Kier molecular flexibility index (Phi) is 4.08. The van der Waals surface area contributed by atoms with Crippen LogP contribution in [0.2, 0.25) is 0 Å². The minimum absolute atomic E-state index is 0.519. The summed E-state index contributed by atoms with van der Waals surface area (Å²) in [5.41, 5.74) is 1.04. The summed E-state index contributed by atoms with van der Waals surface area (Å²) in [7, 11) is 0. The topological polar surface area (TPSA) is 15.3 Å². The first kappa shape index (κ1) is 14.3. The molecule has 0 radical (unpaired) electrons. The second-order valence-corrected chi connectivity index (χ2v) is 7.67. The van der Waals surface area contributed by atoms with E-state index in [0.29, 0.717) is 16.9 Å². The van der Waals surface area contributed by atoms with Crippen LogP contribution in [0.1, 0.15) is 53.9 Å². The molecular formula is C16H32N2. The van der Waals surface area contributed by atoms with Gasteiger partial charge in [-0.2, -0.15) is 0 Å². The van der Waals surface area contributed by atoms with E-state index in [4.69, 9.17) is 0 Å². The maximum atomic E-state index is 3.76. The van der Waals surface area contributed by atoms with Gasteiger partial charge in [0.05, 0.1) is 0 Å². The minimum Gasteiger partial charge on any atom is -0.313 e. The van der Waals surface area contributed by atoms with Crippen molar-refractivity contribution in [1.29, 1.82) is 0 Å². The lowest BCUT2D eigenvalue weighted by Gasteiger charge is -2.29. The molecule has 1 aliphatic carbocycles. The predicted octanol–water partition coefficient (Wildman–Crippen LogP) is 3.13. The summed E-state index contributed by atoms with van der Waals surface area (Å²) in [5.74, 6) is 0.841. The normalized spacial score (nSPS) is 29.2. The Morgan fingerprint density at radius 3 is 2.11 bits per heavy atom. The molecule has 106 valence electrons. The molecule has 1 heterocycles. The Bertz CT molecular complexity index is 263. The first-order valence-corrected chi connectivity index (χ1v) is 7.81. The summed E-state index contributed by atoms with van der Waals surface area (Å²) in [5, 5.41) is 3.76. The lowest BCUT2D eigenvalue weighted by molar-refractivity contribution is 0.208.